The van der Waals surface area contributed by atoms with E-state index in [1.54, 1.807) is 7.11 Å². The molecule has 0 heterocycles. The van der Waals surface area contributed by atoms with Crippen molar-refractivity contribution in [3.63, 3.8) is 0 Å². The summed E-state index contributed by atoms with van der Waals surface area (Å²) in [4.78, 5) is 0. The van der Waals surface area contributed by atoms with Crippen LogP contribution >= 0.6 is 0 Å². The Kier molecular flexibility index (Phi) is 6.81. The molecule has 0 saturated heterocycles. The normalized spacial score (nSPS) is 12.6. The number of benzene rings is 1. The van der Waals surface area contributed by atoms with Crippen LogP contribution in [-0.2, 0) is 9.47 Å². The number of rotatable bonds is 8. The molecule has 0 aliphatic heterocycles. The van der Waals surface area contributed by atoms with Crippen molar-refractivity contribution in [3.8, 4) is 0 Å². The summed E-state index contributed by atoms with van der Waals surface area (Å²) in [7, 11) is 1.68. The summed E-state index contributed by atoms with van der Waals surface area (Å²) in [5, 5.41) is 0. The molecule has 0 bridgehead atoms. The van der Waals surface area contributed by atoms with E-state index >= 15 is 0 Å². The predicted octanol–water partition coefficient (Wildman–Crippen LogP) is 1.78. The van der Waals surface area contributed by atoms with Crippen LogP contribution in [0.15, 0.2) is 30.3 Å². The first kappa shape index (κ1) is 13.2. The first-order chi connectivity index (χ1) is 7.88. The first-order valence-corrected chi connectivity index (χ1v) is 5.70. The van der Waals surface area contributed by atoms with Gasteiger partial charge in [-0.1, -0.05) is 30.3 Å². The zero-order valence-electron chi connectivity index (χ0n) is 9.89. The van der Waals surface area contributed by atoms with Crippen LogP contribution in [0.3, 0.4) is 0 Å². The molecule has 1 unspecified atom stereocenters. The van der Waals surface area contributed by atoms with Crippen molar-refractivity contribution >= 4 is 0 Å². The van der Waals surface area contributed by atoms with Gasteiger partial charge in [-0.05, 0) is 24.4 Å². The molecule has 16 heavy (non-hydrogen) atoms. The lowest BCUT2D eigenvalue weighted by Gasteiger charge is -2.15. The molecule has 0 amide bonds. The van der Waals surface area contributed by atoms with Crippen LogP contribution in [0.5, 0.6) is 0 Å². The summed E-state index contributed by atoms with van der Waals surface area (Å²) in [6.45, 7) is 2.71. The molecule has 0 spiro atoms. The Labute approximate surface area is 97.6 Å². The largest absolute Gasteiger partial charge is 0.382 e. The Bertz CT molecular complexity index is 264. The highest BCUT2D eigenvalue weighted by Crippen LogP contribution is 2.17. The van der Waals surface area contributed by atoms with Gasteiger partial charge in [0.2, 0.25) is 0 Å². The van der Waals surface area contributed by atoms with E-state index in [2.05, 4.69) is 12.1 Å². The van der Waals surface area contributed by atoms with Crippen LogP contribution in [0.2, 0.25) is 0 Å². The predicted molar refractivity (Wildman–Crippen MR) is 65.5 cm³/mol. The fraction of sp³-hybridized carbons (Fsp3) is 0.538. The third-order valence-corrected chi connectivity index (χ3v) is 2.60. The van der Waals surface area contributed by atoms with Crippen LogP contribution in [0.1, 0.15) is 17.9 Å². The lowest BCUT2D eigenvalue weighted by Crippen LogP contribution is -2.15. The third-order valence-electron chi connectivity index (χ3n) is 2.60. The molecule has 3 nitrogen and oxygen atoms in total. The van der Waals surface area contributed by atoms with Crippen molar-refractivity contribution in [2.75, 3.05) is 33.5 Å². The van der Waals surface area contributed by atoms with E-state index < -0.39 is 0 Å². The molecule has 2 N–H and O–H groups in total. The maximum Gasteiger partial charge on any atom is 0.0700 e. The minimum Gasteiger partial charge on any atom is -0.382 e. The first-order valence-electron chi connectivity index (χ1n) is 5.70. The third kappa shape index (κ3) is 4.75. The molecule has 0 aliphatic rings. The zero-order valence-corrected chi connectivity index (χ0v) is 9.89. The van der Waals surface area contributed by atoms with Gasteiger partial charge in [0.25, 0.3) is 0 Å². The minimum absolute atomic E-state index is 0.392. The van der Waals surface area contributed by atoms with Crippen molar-refractivity contribution in [2.45, 2.75) is 12.3 Å². The van der Waals surface area contributed by atoms with E-state index in [4.69, 9.17) is 15.2 Å². The molecule has 3 heteroatoms. The van der Waals surface area contributed by atoms with Crippen molar-refractivity contribution < 1.29 is 9.47 Å². The van der Waals surface area contributed by atoms with Crippen molar-refractivity contribution in [1.29, 1.82) is 0 Å². The highest BCUT2D eigenvalue weighted by molar-refractivity contribution is 5.19. The van der Waals surface area contributed by atoms with E-state index in [-0.39, 0.29) is 0 Å². The van der Waals surface area contributed by atoms with Crippen molar-refractivity contribution in [1.82, 2.24) is 0 Å². The summed E-state index contributed by atoms with van der Waals surface area (Å²) in [5.74, 6) is 0.392. The summed E-state index contributed by atoms with van der Waals surface area (Å²) >= 11 is 0. The number of methoxy groups -OCH3 is 1. The minimum atomic E-state index is 0.392. The van der Waals surface area contributed by atoms with Gasteiger partial charge in [0.1, 0.15) is 0 Å². The summed E-state index contributed by atoms with van der Waals surface area (Å²) in [6, 6.07) is 10.3. The Morgan fingerprint density at radius 1 is 1.12 bits per heavy atom. The van der Waals surface area contributed by atoms with Gasteiger partial charge in [-0.2, -0.15) is 0 Å². The summed E-state index contributed by atoms with van der Waals surface area (Å²) in [5.41, 5.74) is 7.06. The van der Waals surface area contributed by atoms with Crippen LogP contribution in [0.25, 0.3) is 0 Å². The van der Waals surface area contributed by atoms with Gasteiger partial charge in [-0.25, -0.2) is 0 Å². The standard InChI is InChI=1S/C13H21NO2/c1-15-9-10-16-8-7-13(11-14)12-5-3-2-4-6-12/h2-6,13H,7-11,14H2,1H3. The maximum atomic E-state index is 5.77. The summed E-state index contributed by atoms with van der Waals surface area (Å²) < 4.78 is 10.4. The van der Waals surface area contributed by atoms with Gasteiger partial charge < -0.3 is 15.2 Å². The molecule has 0 fully saturated rings. The molecule has 1 aromatic carbocycles. The highest BCUT2D eigenvalue weighted by atomic mass is 16.5. The highest BCUT2D eigenvalue weighted by Gasteiger charge is 2.08. The fourth-order valence-electron chi connectivity index (χ4n) is 1.62. The second-order valence-electron chi connectivity index (χ2n) is 3.74. The van der Waals surface area contributed by atoms with Crippen molar-refractivity contribution in [2.24, 2.45) is 5.73 Å². The van der Waals surface area contributed by atoms with E-state index in [0.717, 1.165) is 13.0 Å². The molecular formula is C13H21NO2. The van der Waals surface area contributed by atoms with Gasteiger partial charge in [-0.15, -0.1) is 0 Å². The van der Waals surface area contributed by atoms with E-state index in [0.29, 0.717) is 25.7 Å². The van der Waals surface area contributed by atoms with Gasteiger partial charge in [0.15, 0.2) is 0 Å². The Morgan fingerprint density at radius 3 is 2.50 bits per heavy atom. The maximum absolute atomic E-state index is 5.77. The molecule has 0 radical (unpaired) electrons. The Hall–Kier alpha value is -0.900. The van der Waals surface area contributed by atoms with E-state index in [1.165, 1.54) is 5.56 Å². The fourth-order valence-corrected chi connectivity index (χ4v) is 1.62. The van der Waals surface area contributed by atoms with Gasteiger partial charge in [-0.3, -0.25) is 0 Å². The molecule has 0 aliphatic carbocycles. The average Bonchev–Trinajstić information content (AvgIpc) is 2.35. The smallest absolute Gasteiger partial charge is 0.0700 e. The second kappa shape index (κ2) is 8.28. The van der Waals surface area contributed by atoms with Crippen LogP contribution in [-0.4, -0.2) is 33.5 Å². The molecule has 1 rings (SSSR count). The Morgan fingerprint density at radius 2 is 1.88 bits per heavy atom. The Balaban J connectivity index is 2.27. The van der Waals surface area contributed by atoms with Crippen LogP contribution in [0.4, 0.5) is 0 Å². The lowest BCUT2D eigenvalue weighted by molar-refractivity contribution is 0.0672. The summed E-state index contributed by atoms with van der Waals surface area (Å²) in [6.07, 6.45) is 0.963. The average molecular weight is 223 g/mol. The van der Waals surface area contributed by atoms with Crippen LogP contribution in [0, 0.1) is 0 Å². The quantitative estimate of drug-likeness (QED) is 0.683. The molecule has 90 valence electrons. The lowest BCUT2D eigenvalue weighted by atomic mass is 9.96. The SMILES string of the molecule is COCCOCCC(CN)c1ccccc1. The number of hydrogen-bond donors (Lipinski definition) is 1. The molecule has 1 atom stereocenters. The van der Waals surface area contributed by atoms with Crippen LogP contribution < -0.4 is 5.73 Å². The zero-order chi connectivity index (χ0) is 11.6. The molecule has 0 saturated carbocycles. The van der Waals surface area contributed by atoms with Gasteiger partial charge in [0, 0.05) is 13.7 Å². The second-order valence-corrected chi connectivity index (χ2v) is 3.74. The topological polar surface area (TPSA) is 44.5 Å². The molecular weight excluding hydrogens is 202 g/mol. The van der Waals surface area contributed by atoms with Gasteiger partial charge in [0.05, 0.1) is 13.2 Å². The van der Waals surface area contributed by atoms with E-state index in [9.17, 15) is 0 Å². The monoisotopic (exact) mass is 223 g/mol. The number of ether oxygens (including phenoxy) is 2. The molecule has 1 aromatic rings. The van der Waals surface area contributed by atoms with Gasteiger partial charge >= 0.3 is 0 Å². The van der Waals surface area contributed by atoms with Crippen molar-refractivity contribution in [3.05, 3.63) is 35.9 Å². The molecule has 0 aromatic heterocycles. The van der Waals surface area contributed by atoms with E-state index in [1.807, 2.05) is 18.2 Å². The number of nitrogens with two attached hydrogens (primary N) is 1. The number of hydrogen-bond acceptors (Lipinski definition) is 3.